The largest absolute Gasteiger partial charge is 0.497 e. The number of methoxy groups -OCH3 is 1. The lowest BCUT2D eigenvalue weighted by molar-refractivity contribution is -0.114. The van der Waals surface area contributed by atoms with Gasteiger partial charge in [-0.3, -0.25) is 9.59 Å². The van der Waals surface area contributed by atoms with Crippen LogP contribution < -0.4 is 15.0 Å². The lowest BCUT2D eigenvalue weighted by Gasteiger charge is -2.28. The van der Waals surface area contributed by atoms with Gasteiger partial charge >= 0.3 is 0 Å². The minimum absolute atomic E-state index is 0.0640. The Kier molecular flexibility index (Phi) is 6.37. The minimum Gasteiger partial charge on any atom is -0.497 e. The Morgan fingerprint density at radius 3 is 2.68 bits per heavy atom. The molecule has 1 N–H and O–H groups in total. The van der Waals surface area contributed by atoms with Gasteiger partial charge in [-0.2, -0.15) is 0 Å². The highest BCUT2D eigenvalue weighted by Crippen LogP contribution is 2.42. The summed E-state index contributed by atoms with van der Waals surface area (Å²) in [6.45, 7) is 2.27. The van der Waals surface area contributed by atoms with E-state index in [0.717, 1.165) is 53.5 Å². The van der Waals surface area contributed by atoms with Crippen molar-refractivity contribution in [2.75, 3.05) is 19.1 Å². The van der Waals surface area contributed by atoms with E-state index in [4.69, 9.17) is 4.74 Å². The highest BCUT2D eigenvalue weighted by atomic mass is 32.2. The number of nitrogens with zero attached hydrogens (tertiary/aromatic N) is 1. The number of hydrogen-bond acceptors (Lipinski definition) is 4. The van der Waals surface area contributed by atoms with Crippen LogP contribution in [0.1, 0.15) is 48.5 Å². The van der Waals surface area contributed by atoms with E-state index >= 15 is 0 Å². The molecule has 162 valence electrons. The van der Waals surface area contributed by atoms with E-state index < -0.39 is 0 Å². The summed E-state index contributed by atoms with van der Waals surface area (Å²) in [5.41, 5.74) is 2.27. The summed E-state index contributed by atoms with van der Waals surface area (Å²) in [5, 5.41) is 3.17. The second-order valence-corrected chi connectivity index (χ2v) is 9.45. The average Bonchev–Trinajstić information content (AvgIpc) is 2.78. The monoisotopic (exact) mass is 436 g/mol. The molecule has 0 saturated heterocycles. The molecule has 0 bridgehead atoms. The van der Waals surface area contributed by atoms with E-state index in [0.29, 0.717) is 10.5 Å². The second kappa shape index (κ2) is 9.18. The maximum absolute atomic E-state index is 13.0. The molecule has 1 saturated carbocycles. The standard InChI is InChI=1S/C25H28N2O3S/c1-16-7-10-19(11-8-16)26-24(28)18-9-12-22-21(15-18)27(2)25(29)23(31-22)14-17-5-4-6-20(13-17)30-3/h4-6,9,12-16,19H,7-8,10-11H2,1-3H3,(H,26,28). The van der Waals surface area contributed by atoms with E-state index in [1.54, 1.807) is 19.1 Å². The summed E-state index contributed by atoms with van der Waals surface area (Å²) >= 11 is 1.43. The SMILES string of the molecule is COc1cccc(C=C2Sc3ccc(C(=O)NC4CCC(C)CC4)cc3N(C)C2=O)c1. The third-order valence-corrected chi connectivity index (χ3v) is 7.14. The van der Waals surface area contributed by atoms with Crippen molar-refractivity contribution < 1.29 is 14.3 Å². The van der Waals surface area contributed by atoms with Crippen LogP contribution in [-0.2, 0) is 4.79 Å². The maximum atomic E-state index is 13.0. The van der Waals surface area contributed by atoms with Crippen molar-refractivity contribution in [3.63, 3.8) is 0 Å². The molecule has 6 heteroatoms. The van der Waals surface area contributed by atoms with Gasteiger partial charge in [-0.05, 0) is 73.6 Å². The molecule has 0 aromatic heterocycles. The molecule has 1 fully saturated rings. The third-order valence-electron chi connectivity index (χ3n) is 6.06. The normalized spacial score (nSPS) is 22.2. The summed E-state index contributed by atoms with van der Waals surface area (Å²) < 4.78 is 5.27. The third kappa shape index (κ3) is 4.79. The molecule has 1 aliphatic heterocycles. The Morgan fingerprint density at radius 2 is 1.94 bits per heavy atom. The van der Waals surface area contributed by atoms with Gasteiger partial charge in [0.15, 0.2) is 0 Å². The zero-order valence-electron chi connectivity index (χ0n) is 18.2. The van der Waals surface area contributed by atoms with Gasteiger partial charge in [-0.25, -0.2) is 0 Å². The van der Waals surface area contributed by atoms with Crippen LogP contribution in [-0.4, -0.2) is 32.0 Å². The van der Waals surface area contributed by atoms with E-state index in [1.165, 1.54) is 11.8 Å². The van der Waals surface area contributed by atoms with Crippen molar-refractivity contribution in [1.82, 2.24) is 5.32 Å². The topological polar surface area (TPSA) is 58.6 Å². The molecule has 2 aromatic carbocycles. The first kappa shape index (κ1) is 21.5. The van der Waals surface area contributed by atoms with E-state index in [-0.39, 0.29) is 17.9 Å². The number of likely N-dealkylation sites (N-methyl/N-ethyl adjacent to an activating group) is 1. The van der Waals surface area contributed by atoms with Gasteiger partial charge in [-0.1, -0.05) is 30.8 Å². The number of carbonyl (C=O) groups excluding carboxylic acids is 2. The van der Waals surface area contributed by atoms with Crippen LogP contribution in [0.3, 0.4) is 0 Å². The van der Waals surface area contributed by atoms with Crippen LogP contribution in [0, 0.1) is 5.92 Å². The van der Waals surface area contributed by atoms with Crippen molar-refractivity contribution in [3.8, 4) is 5.75 Å². The fourth-order valence-corrected chi connectivity index (χ4v) is 5.18. The zero-order chi connectivity index (χ0) is 22.0. The Morgan fingerprint density at radius 1 is 1.16 bits per heavy atom. The number of hydrogen-bond donors (Lipinski definition) is 1. The number of fused-ring (bicyclic) bond motifs is 1. The molecule has 5 nitrogen and oxygen atoms in total. The first-order valence-electron chi connectivity index (χ1n) is 10.7. The number of nitrogens with one attached hydrogen (secondary N) is 1. The highest BCUT2D eigenvalue weighted by Gasteiger charge is 2.28. The van der Waals surface area contributed by atoms with Gasteiger partial charge in [0.2, 0.25) is 0 Å². The molecule has 0 unspecified atom stereocenters. The van der Waals surface area contributed by atoms with Gasteiger partial charge in [-0.15, -0.1) is 0 Å². The van der Waals surface area contributed by atoms with Crippen molar-refractivity contribution in [2.45, 2.75) is 43.5 Å². The van der Waals surface area contributed by atoms with E-state index in [1.807, 2.05) is 48.5 Å². The maximum Gasteiger partial charge on any atom is 0.264 e. The van der Waals surface area contributed by atoms with Crippen molar-refractivity contribution in [3.05, 3.63) is 58.5 Å². The van der Waals surface area contributed by atoms with Crippen molar-refractivity contribution >= 4 is 35.3 Å². The summed E-state index contributed by atoms with van der Waals surface area (Å²) in [5.74, 6) is 1.34. The molecule has 31 heavy (non-hydrogen) atoms. The first-order valence-corrected chi connectivity index (χ1v) is 11.5. The Hall–Kier alpha value is -2.73. The summed E-state index contributed by atoms with van der Waals surface area (Å²) in [6, 6.07) is 13.5. The molecule has 0 atom stereocenters. The minimum atomic E-state index is -0.0841. The molecule has 0 spiro atoms. The van der Waals surface area contributed by atoms with Crippen LogP contribution >= 0.6 is 11.8 Å². The lowest BCUT2D eigenvalue weighted by Crippen LogP contribution is -2.37. The second-order valence-electron chi connectivity index (χ2n) is 8.36. The molecule has 1 aliphatic carbocycles. The molecule has 0 radical (unpaired) electrons. The van der Waals surface area contributed by atoms with Crippen LogP contribution in [0.5, 0.6) is 5.75 Å². The van der Waals surface area contributed by atoms with Crippen LogP contribution in [0.15, 0.2) is 52.3 Å². The van der Waals surface area contributed by atoms with Crippen LogP contribution in [0.4, 0.5) is 5.69 Å². The van der Waals surface area contributed by atoms with Gasteiger partial charge in [0.05, 0.1) is 17.7 Å². The number of ether oxygens (including phenoxy) is 1. The molecule has 2 aliphatic rings. The lowest BCUT2D eigenvalue weighted by atomic mass is 9.87. The van der Waals surface area contributed by atoms with Gasteiger partial charge in [0, 0.05) is 23.5 Å². The number of amides is 2. The fraction of sp³-hybridized carbons (Fsp3) is 0.360. The summed E-state index contributed by atoms with van der Waals surface area (Å²) in [6.07, 6.45) is 6.26. The predicted octanol–water partition coefficient (Wildman–Crippen LogP) is 5.11. The summed E-state index contributed by atoms with van der Waals surface area (Å²) in [7, 11) is 3.38. The smallest absolute Gasteiger partial charge is 0.264 e. The number of carbonyl (C=O) groups is 2. The van der Waals surface area contributed by atoms with Crippen molar-refractivity contribution in [1.29, 1.82) is 0 Å². The van der Waals surface area contributed by atoms with Gasteiger partial charge in [0.1, 0.15) is 5.75 Å². The predicted molar refractivity (Wildman–Crippen MR) is 126 cm³/mol. The van der Waals surface area contributed by atoms with E-state index in [2.05, 4.69) is 12.2 Å². The fourth-order valence-electron chi connectivity index (χ4n) is 4.09. The Labute approximate surface area is 187 Å². The molecule has 2 aromatic rings. The molecular weight excluding hydrogens is 408 g/mol. The average molecular weight is 437 g/mol. The molecule has 2 amide bonds. The van der Waals surface area contributed by atoms with Crippen molar-refractivity contribution in [2.24, 2.45) is 5.92 Å². The van der Waals surface area contributed by atoms with Crippen LogP contribution in [0.2, 0.25) is 0 Å². The quantitative estimate of drug-likeness (QED) is 0.677. The van der Waals surface area contributed by atoms with E-state index in [9.17, 15) is 9.59 Å². The number of benzene rings is 2. The number of thioether (sulfide) groups is 1. The summed E-state index contributed by atoms with van der Waals surface area (Å²) in [4.78, 5) is 29.0. The highest BCUT2D eigenvalue weighted by molar-refractivity contribution is 8.04. The molecule has 4 rings (SSSR count). The zero-order valence-corrected chi connectivity index (χ0v) is 19.0. The Balaban J connectivity index is 1.53. The number of anilines is 1. The first-order chi connectivity index (χ1) is 14.9. The van der Waals surface area contributed by atoms with Gasteiger partial charge < -0.3 is 15.0 Å². The Bertz CT molecular complexity index is 1030. The van der Waals surface area contributed by atoms with Crippen LogP contribution in [0.25, 0.3) is 6.08 Å². The molecular formula is C25H28N2O3S. The van der Waals surface area contributed by atoms with Gasteiger partial charge in [0.25, 0.3) is 11.8 Å². The molecule has 1 heterocycles. The number of rotatable bonds is 4.